The molecule has 102 valence electrons. The highest BCUT2D eigenvalue weighted by Crippen LogP contribution is 2.27. The number of carboxylic acids is 1. The van der Waals surface area contributed by atoms with Crippen molar-refractivity contribution in [1.82, 2.24) is 14.6 Å². The molecule has 7 heteroatoms. The lowest BCUT2D eigenvalue weighted by atomic mass is 10.1. The molecule has 1 aromatic carbocycles. The van der Waals surface area contributed by atoms with E-state index in [4.69, 9.17) is 16.7 Å². The Kier molecular flexibility index (Phi) is 3.27. The molecule has 0 aliphatic rings. The molecule has 0 aliphatic carbocycles. The summed E-state index contributed by atoms with van der Waals surface area (Å²) in [6.07, 6.45) is 0. The van der Waals surface area contributed by atoms with Crippen LogP contribution in [0.25, 0.3) is 16.6 Å². The van der Waals surface area contributed by atoms with Crippen LogP contribution in [0.15, 0.2) is 29.4 Å². The van der Waals surface area contributed by atoms with Gasteiger partial charge in [0.15, 0.2) is 10.8 Å². The molecule has 20 heavy (non-hydrogen) atoms. The monoisotopic (exact) mass is 307 g/mol. The van der Waals surface area contributed by atoms with Crippen molar-refractivity contribution in [2.75, 3.05) is 5.75 Å². The molecule has 0 atom stereocenters. The van der Waals surface area contributed by atoms with Gasteiger partial charge < -0.3 is 5.11 Å². The first kappa shape index (κ1) is 13.2. The van der Waals surface area contributed by atoms with Crippen LogP contribution >= 0.6 is 23.4 Å². The van der Waals surface area contributed by atoms with Gasteiger partial charge >= 0.3 is 5.97 Å². The molecule has 0 fully saturated rings. The molecule has 0 saturated heterocycles. The lowest BCUT2D eigenvalue weighted by Crippen LogP contribution is -2.00. The van der Waals surface area contributed by atoms with Crippen molar-refractivity contribution in [3.8, 4) is 0 Å². The predicted octanol–water partition coefficient (Wildman–Crippen LogP) is 3.02. The first-order valence-corrected chi connectivity index (χ1v) is 7.21. The Morgan fingerprint density at radius 2 is 2.20 bits per heavy atom. The molecule has 0 bridgehead atoms. The van der Waals surface area contributed by atoms with Gasteiger partial charge in [-0.25, -0.2) is 0 Å². The standard InChI is InChI=1S/C13H10ClN3O2S/c1-7-4-11-15-16-13(20-6-12(18)19)17(11)10-3-2-8(14)5-9(7)10/h2-5H,6H2,1H3,(H,18,19). The van der Waals surface area contributed by atoms with Crippen LogP contribution in [0.1, 0.15) is 5.56 Å². The predicted molar refractivity (Wildman–Crippen MR) is 78.6 cm³/mol. The van der Waals surface area contributed by atoms with Crippen molar-refractivity contribution in [2.24, 2.45) is 0 Å². The summed E-state index contributed by atoms with van der Waals surface area (Å²) >= 11 is 7.18. The minimum atomic E-state index is -0.883. The summed E-state index contributed by atoms with van der Waals surface area (Å²) in [7, 11) is 0. The Bertz CT molecular complexity index is 831. The number of aliphatic carboxylic acids is 1. The lowest BCUT2D eigenvalue weighted by molar-refractivity contribution is -0.133. The van der Waals surface area contributed by atoms with Gasteiger partial charge in [-0.05, 0) is 36.8 Å². The molecule has 3 rings (SSSR count). The van der Waals surface area contributed by atoms with Crippen molar-refractivity contribution >= 4 is 45.9 Å². The molecule has 1 N–H and O–H groups in total. The second-order valence-corrected chi connectivity index (χ2v) is 5.73. The van der Waals surface area contributed by atoms with E-state index in [1.165, 1.54) is 0 Å². The number of carbonyl (C=O) groups is 1. The maximum atomic E-state index is 10.7. The lowest BCUT2D eigenvalue weighted by Gasteiger charge is -2.07. The molecule has 2 aromatic heterocycles. The molecule has 3 aromatic rings. The van der Waals surface area contributed by atoms with Gasteiger partial charge in [0.05, 0.1) is 11.3 Å². The average Bonchev–Trinajstić information content (AvgIpc) is 2.79. The number of rotatable bonds is 3. The number of benzene rings is 1. The minimum Gasteiger partial charge on any atom is -0.481 e. The van der Waals surface area contributed by atoms with Gasteiger partial charge in [0.1, 0.15) is 0 Å². The number of halogens is 1. The second kappa shape index (κ2) is 4.96. The molecule has 0 spiro atoms. The van der Waals surface area contributed by atoms with Crippen molar-refractivity contribution in [1.29, 1.82) is 0 Å². The van der Waals surface area contributed by atoms with E-state index in [9.17, 15) is 4.79 Å². The van der Waals surface area contributed by atoms with E-state index in [1.54, 1.807) is 6.07 Å². The maximum absolute atomic E-state index is 10.7. The fourth-order valence-corrected chi connectivity index (χ4v) is 2.96. The van der Waals surface area contributed by atoms with Crippen molar-refractivity contribution in [3.63, 3.8) is 0 Å². The quantitative estimate of drug-likeness (QED) is 0.753. The Labute approximate surface area is 123 Å². The zero-order valence-electron chi connectivity index (χ0n) is 10.5. The SMILES string of the molecule is Cc1cc2nnc(SCC(=O)O)n2c2ccc(Cl)cc12. The number of aryl methyl sites for hydroxylation is 1. The number of thioether (sulfide) groups is 1. The van der Waals surface area contributed by atoms with Crippen LogP contribution in [0, 0.1) is 6.92 Å². The third kappa shape index (κ3) is 2.21. The van der Waals surface area contributed by atoms with Crippen LogP contribution in [-0.2, 0) is 4.79 Å². The van der Waals surface area contributed by atoms with Crippen molar-refractivity contribution < 1.29 is 9.90 Å². The molecule has 5 nitrogen and oxygen atoms in total. The van der Waals surface area contributed by atoms with E-state index >= 15 is 0 Å². The summed E-state index contributed by atoms with van der Waals surface area (Å²) in [5, 5.41) is 19.2. The fraction of sp³-hybridized carbons (Fsp3) is 0.154. The zero-order valence-corrected chi connectivity index (χ0v) is 12.1. The number of pyridine rings is 1. The molecular weight excluding hydrogens is 298 g/mol. The number of nitrogens with zero attached hydrogens (tertiary/aromatic N) is 3. The van der Waals surface area contributed by atoms with Gasteiger partial charge in [-0.1, -0.05) is 23.4 Å². The second-order valence-electron chi connectivity index (χ2n) is 4.35. The van der Waals surface area contributed by atoms with Crippen LogP contribution in [0.4, 0.5) is 0 Å². The molecule has 0 amide bonds. The Hall–Kier alpha value is -1.79. The van der Waals surface area contributed by atoms with Crippen LogP contribution in [0.5, 0.6) is 0 Å². The largest absolute Gasteiger partial charge is 0.481 e. The molecule has 0 aliphatic heterocycles. The summed E-state index contributed by atoms with van der Waals surface area (Å²) in [5.74, 6) is -0.935. The van der Waals surface area contributed by atoms with Gasteiger partial charge in [-0.15, -0.1) is 10.2 Å². The van der Waals surface area contributed by atoms with Crippen LogP contribution in [0.3, 0.4) is 0 Å². The first-order chi connectivity index (χ1) is 9.56. The highest BCUT2D eigenvalue weighted by atomic mass is 35.5. The molecule has 0 unspecified atom stereocenters. The van der Waals surface area contributed by atoms with Gasteiger partial charge in [0.25, 0.3) is 0 Å². The van der Waals surface area contributed by atoms with Gasteiger partial charge in [-0.2, -0.15) is 0 Å². The maximum Gasteiger partial charge on any atom is 0.313 e. The number of fused-ring (bicyclic) bond motifs is 3. The summed E-state index contributed by atoms with van der Waals surface area (Å²) < 4.78 is 1.85. The highest BCUT2D eigenvalue weighted by Gasteiger charge is 2.12. The number of aromatic nitrogens is 3. The molecular formula is C13H10ClN3O2S. The number of hydrogen-bond donors (Lipinski definition) is 1. The molecule has 2 heterocycles. The van der Waals surface area contributed by atoms with Gasteiger partial charge in [0, 0.05) is 10.4 Å². The summed E-state index contributed by atoms with van der Waals surface area (Å²) in [6.45, 7) is 1.98. The van der Waals surface area contributed by atoms with Gasteiger partial charge in [-0.3, -0.25) is 9.20 Å². The van der Waals surface area contributed by atoms with E-state index in [1.807, 2.05) is 29.5 Å². The third-order valence-corrected chi connectivity index (χ3v) is 4.10. The smallest absolute Gasteiger partial charge is 0.313 e. The van der Waals surface area contributed by atoms with Crippen molar-refractivity contribution in [2.45, 2.75) is 12.1 Å². The molecule has 0 radical (unpaired) electrons. The van der Waals surface area contributed by atoms with E-state index < -0.39 is 5.97 Å². The highest BCUT2D eigenvalue weighted by molar-refractivity contribution is 7.99. The Balaban J connectivity index is 2.27. The third-order valence-electron chi connectivity index (χ3n) is 2.95. The summed E-state index contributed by atoms with van der Waals surface area (Å²) in [6, 6.07) is 7.49. The minimum absolute atomic E-state index is 0.0518. The van der Waals surface area contributed by atoms with Crippen molar-refractivity contribution in [3.05, 3.63) is 34.9 Å². The normalized spacial score (nSPS) is 11.3. The Morgan fingerprint density at radius 3 is 2.95 bits per heavy atom. The van der Waals surface area contributed by atoms with Crippen LogP contribution < -0.4 is 0 Å². The number of carboxylic acid groups (broad SMARTS) is 1. The van der Waals surface area contributed by atoms with E-state index in [-0.39, 0.29) is 5.75 Å². The zero-order chi connectivity index (χ0) is 14.3. The Morgan fingerprint density at radius 1 is 1.40 bits per heavy atom. The number of hydrogen-bond acceptors (Lipinski definition) is 4. The summed E-state index contributed by atoms with van der Waals surface area (Å²) in [5.41, 5.74) is 2.67. The average molecular weight is 308 g/mol. The van der Waals surface area contributed by atoms with E-state index in [2.05, 4.69) is 10.2 Å². The van der Waals surface area contributed by atoms with Crippen LogP contribution in [-0.4, -0.2) is 31.4 Å². The van der Waals surface area contributed by atoms with Crippen LogP contribution in [0.2, 0.25) is 5.02 Å². The molecule has 0 saturated carbocycles. The van der Waals surface area contributed by atoms with E-state index in [0.717, 1.165) is 28.2 Å². The fourth-order valence-electron chi connectivity index (χ4n) is 2.11. The topological polar surface area (TPSA) is 67.5 Å². The first-order valence-electron chi connectivity index (χ1n) is 5.85. The van der Waals surface area contributed by atoms with Gasteiger partial charge in [0.2, 0.25) is 0 Å². The summed E-state index contributed by atoms with van der Waals surface area (Å²) in [4.78, 5) is 10.7. The van der Waals surface area contributed by atoms with E-state index in [0.29, 0.717) is 15.8 Å².